The number of likely N-dealkylation sites (tertiary alicyclic amines) is 1. The number of nitrogens with zero attached hydrogens (tertiary/aromatic N) is 2. The van der Waals surface area contributed by atoms with Crippen LogP contribution in [0.25, 0.3) is 0 Å². The first-order valence-electron chi connectivity index (χ1n) is 9.89. The van der Waals surface area contributed by atoms with Crippen LogP contribution in [0.4, 0.5) is 4.39 Å². The number of halogens is 1. The number of aromatic nitrogens is 1. The molecule has 0 spiro atoms. The van der Waals surface area contributed by atoms with Crippen molar-refractivity contribution in [2.45, 2.75) is 50.1 Å². The molecule has 0 bridgehead atoms. The lowest BCUT2D eigenvalue weighted by Crippen LogP contribution is -2.47. The van der Waals surface area contributed by atoms with Gasteiger partial charge in [-0.3, -0.25) is 9.78 Å². The third-order valence-corrected chi connectivity index (χ3v) is 5.87. The lowest BCUT2D eigenvalue weighted by molar-refractivity contribution is -0.131. The lowest BCUT2D eigenvalue weighted by atomic mass is 9.88. The van der Waals surface area contributed by atoms with Gasteiger partial charge in [-0.1, -0.05) is 31.0 Å². The minimum absolute atomic E-state index is 0.127. The van der Waals surface area contributed by atoms with E-state index in [4.69, 9.17) is 0 Å². The highest BCUT2D eigenvalue weighted by atomic mass is 19.1. The smallest absolute Gasteiger partial charge is 0.227 e. The van der Waals surface area contributed by atoms with Gasteiger partial charge in [0.25, 0.3) is 0 Å². The molecule has 3 heterocycles. The van der Waals surface area contributed by atoms with Gasteiger partial charge < -0.3 is 10.2 Å². The number of hydrogen-bond donors (Lipinski definition) is 1. The normalized spacial score (nSPS) is 25.5. The minimum atomic E-state index is -0.213. The van der Waals surface area contributed by atoms with Gasteiger partial charge in [0.1, 0.15) is 5.82 Å². The fourth-order valence-electron chi connectivity index (χ4n) is 4.58. The second-order valence-electron chi connectivity index (χ2n) is 7.64. The molecule has 0 unspecified atom stereocenters. The number of hydrogen-bond acceptors (Lipinski definition) is 3. The van der Waals surface area contributed by atoms with Gasteiger partial charge in [0.15, 0.2) is 0 Å². The molecule has 0 saturated carbocycles. The molecule has 3 atom stereocenters. The van der Waals surface area contributed by atoms with E-state index in [0.29, 0.717) is 13.0 Å². The Labute approximate surface area is 159 Å². The molecule has 1 aromatic carbocycles. The molecular weight excluding hydrogens is 341 g/mol. The molecule has 0 aliphatic carbocycles. The van der Waals surface area contributed by atoms with Crippen molar-refractivity contribution in [2.24, 2.45) is 0 Å². The Bertz CT molecular complexity index is 782. The van der Waals surface area contributed by atoms with Crippen LogP contribution in [0.1, 0.15) is 42.7 Å². The molecule has 4 rings (SSSR count). The summed E-state index contributed by atoms with van der Waals surface area (Å²) in [5.74, 6) is 0.0518. The van der Waals surface area contributed by atoms with Gasteiger partial charge in [-0.25, -0.2) is 4.39 Å². The van der Waals surface area contributed by atoms with Gasteiger partial charge in [0.05, 0.1) is 6.42 Å². The van der Waals surface area contributed by atoms with Crippen LogP contribution < -0.4 is 5.32 Å². The Morgan fingerprint density at radius 2 is 2.15 bits per heavy atom. The first kappa shape index (κ1) is 18.1. The van der Waals surface area contributed by atoms with Crippen LogP contribution in [-0.4, -0.2) is 41.0 Å². The summed E-state index contributed by atoms with van der Waals surface area (Å²) in [5.41, 5.74) is 1.92. The fraction of sp³-hybridized carbons (Fsp3) is 0.455. The number of nitrogens with one attached hydrogen (secondary N) is 1. The molecule has 5 heteroatoms. The number of amides is 1. The fourth-order valence-corrected chi connectivity index (χ4v) is 4.58. The standard InChI is InChI=1S/C22H26FN3O/c23-18-8-4-7-17(13-18)19-15-26(20-9-2-1-3-11-25-22(19)20)21(27)12-16-6-5-10-24-14-16/h4-8,10,13-14,19-20,22,25H,1-3,9,11-12,15H2/t19-,20+,22-/m0/s1. The quantitative estimate of drug-likeness (QED) is 0.905. The minimum Gasteiger partial charge on any atom is -0.337 e. The molecule has 1 N–H and O–H groups in total. The zero-order chi connectivity index (χ0) is 18.6. The highest BCUT2D eigenvalue weighted by Crippen LogP contribution is 2.36. The van der Waals surface area contributed by atoms with Crippen molar-refractivity contribution >= 4 is 5.91 Å². The molecule has 2 aliphatic rings. The molecule has 2 saturated heterocycles. The summed E-state index contributed by atoms with van der Waals surface area (Å²) in [6.07, 6.45) is 8.32. The van der Waals surface area contributed by atoms with Crippen molar-refractivity contribution in [1.29, 1.82) is 0 Å². The molecule has 142 valence electrons. The van der Waals surface area contributed by atoms with E-state index in [1.54, 1.807) is 24.5 Å². The van der Waals surface area contributed by atoms with Gasteiger partial charge in [-0.15, -0.1) is 0 Å². The van der Waals surface area contributed by atoms with E-state index in [-0.39, 0.29) is 29.7 Å². The van der Waals surface area contributed by atoms with E-state index in [2.05, 4.69) is 10.3 Å². The first-order valence-corrected chi connectivity index (χ1v) is 9.89. The summed E-state index contributed by atoms with van der Waals surface area (Å²) >= 11 is 0. The van der Waals surface area contributed by atoms with Crippen LogP contribution >= 0.6 is 0 Å². The predicted octanol–water partition coefficient (Wildman–Crippen LogP) is 3.29. The maximum atomic E-state index is 13.8. The van der Waals surface area contributed by atoms with Crippen LogP contribution in [-0.2, 0) is 11.2 Å². The molecule has 0 radical (unpaired) electrons. The van der Waals surface area contributed by atoms with Crippen LogP contribution in [0, 0.1) is 5.82 Å². The topological polar surface area (TPSA) is 45.2 Å². The molecule has 2 aliphatic heterocycles. The van der Waals surface area contributed by atoms with E-state index in [0.717, 1.165) is 36.9 Å². The van der Waals surface area contributed by atoms with E-state index in [1.807, 2.05) is 23.1 Å². The molecule has 2 fully saturated rings. The number of carbonyl (C=O) groups excluding carboxylic acids is 1. The molecule has 27 heavy (non-hydrogen) atoms. The third kappa shape index (κ3) is 4.03. The second kappa shape index (κ2) is 8.17. The van der Waals surface area contributed by atoms with Gasteiger partial charge in [0, 0.05) is 36.9 Å². The van der Waals surface area contributed by atoms with Crippen molar-refractivity contribution in [2.75, 3.05) is 13.1 Å². The van der Waals surface area contributed by atoms with E-state index in [1.165, 1.54) is 12.5 Å². The zero-order valence-corrected chi connectivity index (χ0v) is 15.5. The molecule has 1 aromatic heterocycles. The van der Waals surface area contributed by atoms with Crippen molar-refractivity contribution in [3.8, 4) is 0 Å². The average molecular weight is 367 g/mol. The number of benzene rings is 1. The number of pyridine rings is 1. The van der Waals surface area contributed by atoms with E-state index in [9.17, 15) is 9.18 Å². The number of carbonyl (C=O) groups is 1. The Balaban J connectivity index is 1.59. The third-order valence-electron chi connectivity index (χ3n) is 5.87. The van der Waals surface area contributed by atoms with Gasteiger partial charge in [-0.2, -0.15) is 0 Å². The molecular formula is C22H26FN3O. The molecule has 1 amide bonds. The van der Waals surface area contributed by atoms with Crippen LogP contribution in [0.5, 0.6) is 0 Å². The van der Waals surface area contributed by atoms with Crippen molar-refractivity contribution in [3.05, 3.63) is 65.7 Å². The summed E-state index contributed by atoms with van der Waals surface area (Å²) in [4.78, 5) is 19.3. The SMILES string of the molecule is O=C(Cc1cccnc1)N1C[C@@H](c2cccc(F)c2)[C@@H]2NCCCCC[C@H]21. The highest BCUT2D eigenvalue weighted by molar-refractivity contribution is 5.79. The molecule has 4 nitrogen and oxygen atoms in total. The summed E-state index contributed by atoms with van der Waals surface area (Å²) in [6, 6.07) is 11.0. The van der Waals surface area contributed by atoms with E-state index < -0.39 is 0 Å². The lowest BCUT2D eigenvalue weighted by Gasteiger charge is -2.31. The van der Waals surface area contributed by atoms with E-state index >= 15 is 0 Å². The van der Waals surface area contributed by atoms with Crippen molar-refractivity contribution in [3.63, 3.8) is 0 Å². The Morgan fingerprint density at radius 1 is 1.22 bits per heavy atom. The number of fused-ring (bicyclic) bond motifs is 1. The summed E-state index contributed by atoms with van der Waals surface area (Å²) in [6.45, 7) is 1.60. The summed E-state index contributed by atoms with van der Waals surface area (Å²) < 4.78 is 13.8. The van der Waals surface area contributed by atoms with Gasteiger partial charge in [0.2, 0.25) is 5.91 Å². The Morgan fingerprint density at radius 3 is 2.96 bits per heavy atom. The summed E-state index contributed by atoms with van der Waals surface area (Å²) in [5, 5.41) is 3.67. The van der Waals surface area contributed by atoms with Gasteiger partial charge >= 0.3 is 0 Å². The van der Waals surface area contributed by atoms with Crippen LogP contribution in [0.2, 0.25) is 0 Å². The summed E-state index contributed by atoms with van der Waals surface area (Å²) in [7, 11) is 0. The van der Waals surface area contributed by atoms with Crippen LogP contribution in [0.15, 0.2) is 48.8 Å². The van der Waals surface area contributed by atoms with Gasteiger partial charge in [-0.05, 0) is 48.7 Å². The Hall–Kier alpha value is -2.27. The monoisotopic (exact) mass is 367 g/mol. The second-order valence-corrected chi connectivity index (χ2v) is 7.64. The first-order chi connectivity index (χ1) is 13.2. The zero-order valence-electron chi connectivity index (χ0n) is 15.5. The maximum absolute atomic E-state index is 13.8. The van der Waals surface area contributed by atoms with Crippen LogP contribution in [0.3, 0.4) is 0 Å². The predicted molar refractivity (Wildman–Crippen MR) is 103 cm³/mol. The molecule has 2 aromatic rings. The Kier molecular flexibility index (Phi) is 5.48. The highest BCUT2D eigenvalue weighted by Gasteiger charge is 2.44. The largest absolute Gasteiger partial charge is 0.337 e. The number of rotatable bonds is 3. The van der Waals surface area contributed by atoms with Crippen molar-refractivity contribution in [1.82, 2.24) is 15.2 Å². The maximum Gasteiger partial charge on any atom is 0.227 e. The average Bonchev–Trinajstić information content (AvgIpc) is 3.00. The van der Waals surface area contributed by atoms with Crippen molar-refractivity contribution < 1.29 is 9.18 Å².